The van der Waals surface area contributed by atoms with Crippen LogP contribution in [0.4, 0.5) is 11.6 Å². The molecule has 0 unspecified atom stereocenters. The summed E-state index contributed by atoms with van der Waals surface area (Å²) >= 11 is 0. The van der Waals surface area contributed by atoms with Crippen molar-refractivity contribution >= 4 is 11.6 Å². The van der Waals surface area contributed by atoms with E-state index < -0.39 is 0 Å². The number of pyridine rings is 2. The molecule has 0 saturated carbocycles. The molecule has 4 rings (SSSR count). The Bertz CT molecular complexity index is 1040. The molecule has 0 aliphatic heterocycles. The molecule has 5 nitrogen and oxygen atoms in total. The molecule has 4 aromatic rings. The van der Waals surface area contributed by atoms with Crippen LogP contribution >= 0.6 is 0 Å². The Labute approximate surface area is 152 Å². The number of benzene rings is 1. The molecule has 26 heavy (non-hydrogen) atoms. The predicted octanol–water partition coefficient (Wildman–Crippen LogP) is 4.69. The van der Waals surface area contributed by atoms with Gasteiger partial charge in [-0.2, -0.15) is 5.10 Å². The lowest BCUT2D eigenvalue weighted by atomic mass is 10.1. The lowest BCUT2D eigenvalue weighted by Gasteiger charge is -2.09. The van der Waals surface area contributed by atoms with Crippen molar-refractivity contribution in [3.8, 4) is 16.8 Å². The van der Waals surface area contributed by atoms with Crippen molar-refractivity contribution in [2.75, 3.05) is 5.32 Å². The lowest BCUT2D eigenvalue weighted by Crippen LogP contribution is -1.99. The fraction of sp³-hybridized carbons (Fsp3) is 0.0952. The first-order chi connectivity index (χ1) is 12.7. The first kappa shape index (κ1) is 16.0. The van der Waals surface area contributed by atoms with E-state index >= 15 is 0 Å². The zero-order chi connectivity index (χ0) is 17.9. The largest absolute Gasteiger partial charge is 0.325 e. The maximum atomic E-state index is 4.57. The van der Waals surface area contributed by atoms with Crippen molar-refractivity contribution < 1.29 is 0 Å². The third kappa shape index (κ3) is 3.32. The van der Waals surface area contributed by atoms with Crippen molar-refractivity contribution in [3.05, 3.63) is 84.4 Å². The molecule has 0 spiro atoms. The van der Waals surface area contributed by atoms with Crippen molar-refractivity contribution in [2.45, 2.75) is 13.8 Å². The second kappa shape index (κ2) is 6.80. The van der Waals surface area contributed by atoms with Gasteiger partial charge in [0, 0.05) is 18.1 Å². The van der Waals surface area contributed by atoms with Crippen LogP contribution in [0.5, 0.6) is 0 Å². The number of hydrogen-bond donors (Lipinski definition) is 1. The fourth-order valence-corrected chi connectivity index (χ4v) is 2.95. The summed E-state index contributed by atoms with van der Waals surface area (Å²) in [5.74, 6) is 1.53. The van der Waals surface area contributed by atoms with E-state index in [2.05, 4.69) is 51.6 Å². The molecule has 1 aromatic carbocycles. The van der Waals surface area contributed by atoms with Gasteiger partial charge in [-0.25, -0.2) is 14.6 Å². The van der Waals surface area contributed by atoms with Gasteiger partial charge in [-0.3, -0.25) is 0 Å². The number of hydrogen-bond acceptors (Lipinski definition) is 4. The molecule has 0 amide bonds. The molecular weight excluding hydrogens is 322 g/mol. The number of nitrogens with zero attached hydrogens (tertiary/aromatic N) is 4. The maximum absolute atomic E-state index is 4.57. The van der Waals surface area contributed by atoms with Crippen LogP contribution in [-0.2, 0) is 0 Å². The average molecular weight is 341 g/mol. The van der Waals surface area contributed by atoms with E-state index in [4.69, 9.17) is 0 Å². The minimum absolute atomic E-state index is 0.762. The lowest BCUT2D eigenvalue weighted by molar-refractivity contribution is 0.834. The summed E-state index contributed by atoms with van der Waals surface area (Å²) in [5.41, 5.74) is 5.37. The summed E-state index contributed by atoms with van der Waals surface area (Å²) in [4.78, 5) is 8.67. The Morgan fingerprint density at radius 2 is 1.62 bits per heavy atom. The summed E-state index contributed by atoms with van der Waals surface area (Å²) in [6.45, 7) is 4.07. The van der Waals surface area contributed by atoms with E-state index in [1.165, 1.54) is 0 Å². The molecule has 0 fully saturated rings. The quantitative estimate of drug-likeness (QED) is 0.585. The van der Waals surface area contributed by atoms with Gasteiger partial charge < -0.3 is 5.32 Å². The van der Waals surface area contributed by atoms with Crippen molar-refractivity contribution in [2.24, 2.45) is 0 Å². The standard InChI is InChI=1S/C21H19N5/c1-15-12-16(2)26(25-15)19-7-5-6-17(13-19)18-9-11-23-21(14-18)24-20-8-3-4-10-22-20/h3-14H,1-2H3,(H,22,23,24). The Balaban J connectivity index is 1.67. The van der Waals surface area contributed by atoms with Gasteiger partial charge in [-0.1, -0.05) is 18.2 Å². The molecule has 0 saturated heterocycles. The topological polar surface area (TPSA) is 55.6 Å². The molecule has 5 heteroatoms. The van der Waals surface area contributed by atoms with Crippen LogP contribution in [0, 0.1) is 13.8 Å². The van der Waals surface area contributed by atoms with E-state index in [-0.39, 0.29) is 0 Å². The highest BCUT2D eigenvalue weighted by Gasteiger charge is 2.06. The van der Waals surface area contributed by atoms with E-state index in [1.54, 1.807) is 12.4 Å². The van der Waals surface area contributed by atoms with E-state index in [0.717, 1.165) is 39.8 Å². The molecule has 0 aliphatic rings. The van der Waals surface area contributed by atoms with Crippen LogP contribution in [0.2, 0.25) is 0 Å². The molecule has 3 aromatic heterocycles. The minimum Gasteiger partial charge on any atom is -0.325 e. The molecule has 0 aliphatic carbocycles. The van der Waals surface area contributed by atoms with Gasteiger partial charge in [0.1, 0.15) is 11.6 Å². The smallest absolute Gasteiger partial charge is 0.132 e. The predicted molar refractivity (Wildman–Crippen MR) is 104 cm³/mol. The van der Waals surface area contributed by atoms with Crippen molar-refractivity contribution in [1.82, 2.24) is 19.7 Å². The second-order valence-corrected chi connectivity index (χ2v) is 6.16. The maximum Gasteiger partial charge on any atom is 0.132 e. The highest BCUT2D eigenvalue weighted by Crippen LogP contribution is 2.25. The summed E-state index contributed by atoms with van der Waals surface area (Å²) in [7, 11) is 0. The Kier molecular flexibility index (Phi) is 4.19. The normalized spacial score (nSPS) is 10.7. The van der Waals surface area contributed by atoms with Crippen LogP contribution in [0.1, 0.15) is 11.4 Å². The Morgan fingerprint density at radius 3 is 2.38 bits per heavy atom. The van der Waals surface area contributed by atoms with Gasteiger partial charge >= 0.3 is 0 Å². The van der Waals surface area contributed by atoms with Crippen LogP contribution in [0.3, 0.4) is 0 Å². The van der Waals surface area contributed by atoms with Crippen molar-refractivity contribution in [3.63, 3.8) is 0 Å². The summed E-state index contributed by atoms with van der Waals surface area (Å²) < 4.78 is 1.97. The zero-order valence-electron chi connectivity index (χ0n) is 14.7. The summed E-state index contributed by atoms with van der Waals surface area (Å²) in [6, 6.07) is 20.2. The summed E-state index contributed by atoms with van der Waals surface area (Å²) in [6.07, 6.45) is 3.56. The highest BCUT2D eigenvalue weighted by atomic mass is 15.3. The third-order valence-electron chi connectivity index (χ3n) is 4.11. The first-order valence-electron chi connectivity index (χ1n) is 8.47. The van der Waals surface area contributed by atoms with Gasteiger partial charge in [0.15, 0.2) is 0 Å². The molecule has 128 valence electrons. The third-order valence-corrected chi connectivity index (χ3v) is 4.11. The number of rotatable bonds is 4. The van der Waals surface area contributed by atoms with E-state index in [0.29, 0.717) is 0 Å². The number of aromatic nitrogens is 4. The van der Waals surface area contributed by atoms with E-state index in [1.807, 2.05) is 48.0 Å². The molecular formula is C21H19N5. The van der Waals surface area contributed by atoms with Crippen LogP contribution in [-0.4, -0.2) is 19.7 Å². The molecule has 0 atom stereocenters. The van der Waals surface area contributed by atoms with Crippen molar-refractivity contribution in [1.29, 1.82) is 0 Å². The van der Waals surface area contributed by atoms with E-state index in [9.17, 15) is 0 Å². The van der Waals surface area contributed by atoms with Gasteiger partial charge in [-0.05, 0) is 67.4 Å². The number of aryl methyl sites for hydroxylation is 2. The molecule has 0 bridgehead atoms. The van der Waals surface area contributed by atoms with Gasteiger partial charge in [-0.15, -0.1) is 0 Å². The average Bonchev–Trinajstić information content (AvgIpc) is 3.01. The second-order valence-electron chi connectivity index (χ2n) is 6.16. The minimum atomic E-state index is 0.762. The highest BCUT2D eigenvalue weighted by molar-refractivity contribution is 5.69. The summed E-state index contributed by atoms with van der Waals surface area (Å²) in [5, 5.41) is 7.81. The number of nitrogens with one attached hydrogen (secondary N) is 1. The molecule has 0 radical (unpaired) electrons. The number of anilines is 2. The molecule has 3 heterocycles. The van der Waals surface area contributed by atoms with Gasteiger partial charge in [0.2, 0.25) is 0 Å². The van der Waals surface area contributed by atoms with Gasteiger partial charge in [0.25, 0.3) is 0 Å². The first-order valence-corrected chi connectivity index (χ1v) is 8.47. The Hall–Kier alpha value is -3.47. The van der Waals surface area contributed by atoms with Crippen LogP contribution in [0.25, 0.3) is 16.8 Å². The monoisotopic (exact) mass is 341 g/mol. The van der Waals surface area contributed by atoms with Crippen LogP contribution < -0.4 is 5.32 Å². The van der Waals surface area contributed by atoms with Crippen LogP contribution in [0.15, 0.2) is 73.1 Å². The van der Waals surface area contributed by atoms with Gasteiger partial charge in [0.05, 0.1) is 11.4 Å². The molecule has 1 N–H and O–H groups in total. The fourth-order valence-electron chi connectivity index (χ4n) is 2.95. The zero-order valence-corrected chi connectivity index (χ0v) is 14.7. The SMILES string of the molecule is Cc1cc(C)n(-c2cccc(-c3ccnc(Nc4ccccn4)c3)c2)n1. The Morgan fingerprint density at radius 1 is 0.769 bits per heavy atom.